The van der Waals surface area contributed by atoms with Gasteiger partial charge in [0.15, 0.2) is 0 Å². The van der Waals surface area contributed by atoms with Crippen molar-refractivity contribution in [3.63, 3.8) is 0 Å². The van der Waals surface area contributed by atoms with Crippen LogP contribution >= 0.6 is 22.7 Å². The summed E-state index contributed by atoms with van der Waals surface area (Å²) in [6, 6.07) is 4.00. The highest BCUT2D eigenvalue weighted by atomic mass is 32.1. The quantitative estimate of drug-likeness (QED) is 0.948. The predicted octanol–water partition coefficient (Wildman–Crippen LogP) is 2.72. The van der Waals surface area contributed by atoms with Crippen molar-refractivity contribution in [2.45, 2.75) is 12.8 Å². The molecule has 0 spiro atoms. The summed E-state index contributed by atoms with van der Waals surface area (Å²) in [6.45, 7) is 1.56. The topological polar surface area (TPSA) is 53.4 Å². The highest BCUT2D eigenvalue weighted by Gasteiger charge is 2.25. The van der Waals surface area contributed by atoms with Crippen LogP contribution in [0.5, 0.6) is 0 Å². The molecule has 2 aromatic rings. The van der Waals surface area contributed by atoms with E-state index in [1.54, 1.807) is 11.3 Å². The molecule has 6 heteroatoms. The number of hydrogen-bond acceptors (Lipinski definition) is 5. The van der Waals surface area contributed by atoms with Crippen LogP contribution in [0.15, 0.2) is 22.9 Å². The molecule has 0 aromatic carbocycles. The molecule has 0 radical (unpaired) electrons. The molecule has 20 heavy (non-hydrogen) atoms. The third-order valence-corrected chi connectivity index (χ3v) is 5.40. The second-order valence-corrected chi connectivity index (χ2v) is 6.76. The monoisotopic (exact) mass is 308 g/mol. The summed E-state index contributed by atoms with van der Waals surface area (Å²) in [6.07, 6.45) is 1.96. The largest absolute Gasteiger partial charge is 0.396 e. The number of hydrogen-bond donors (Lipinski definition) is 1. The van der Waals surface area contributed by atoms with Crippen molar-refractivity contribution in [3.05, 3.63) is 28.6 Å². The molecule has 0 aliphatic carbocycles. The Morgan fingerprint density at radius 2 is 2.40 bits per heavy atom. The Hall–Kier alpha value is -1.24. The number of aromatic nitrogens is 1. The first-order valence-corrected chi connectivity index (χ1v) is 8.43. The van der Waals surface area contributed by atoms with E-state index in [4.69, 9.17) is 0 Å². The number of nitrogens with zero attached hydrogens (tertiary/aromatic N) is 2. The fraction of sp³-hybridized carbons (Fsp3) is 0.429. The van der Waals surface area contributed by atoms with E-state index in [1.807, 2.05) is 27.8 Å². The highest BCUT2D eigenvalue weighted by molar-refractivity contribution is 7.20. The molecule has 0 saturated carbocycles. The van der Waals surface area contributed by atoms with E-state index in [1.165, 1.54) is 11.3 Å². The standard InChI is InChI=1S/C14H16N2O2S2/c17-8-10-3-1-5-16(7-10)14(18)11-9-20-13(15-11)12-4-2-6-19-12/h2,4,6,9-10,17H,1,3,5,7-8H2. The molecule has 3 rings (SSSR count). The molecule has 1 atom stereocenters. The predicted molar refractivity (Wildman–Crippen MR) is 81.1 cm³/mol. The number of aliphatic hydroxyl groups excluding tert-OH is 1. The van der Waals surface area contributed by atoms with Crippen LogP contribution in [0.4, 0.5) is 0 Å². The molecule has 1 fully saturated rings. The van der Waals surface area contributed by atoms with Crippen LogP contribution in [0.2, 0.25) is 0 Å². The molecule has 2 aromatic heterocycles. The SMILES string of the molecule is O=C(c1csc(-c2cccs2)n1)N1CCCC(CO)C1. The maximum Gasteiger partial charge on any atom is 0.273 e. The van der Waals surface area contributed by atoms with E-state index in [9.17, 15) is 9.90 Å². The minimum Gasteiger partial charge on any atom is -0.396 e. The summed E-state index contributed by atoms with van der Waals surface area (Å²) in [5, 5.41) is 14.0. The Morgan fingerprint density at radius 1 is 1.50 bits per heavy atom. The van der Waals surface area contributed by atoms with Gasteiger partial charge in [0.25, 0.3) is 5.91 Å². The van der Waals surface area contributed by atoms with E-state index in [0.717, 1.165) is 29.3 Å². The van der Waals surface area contributed by atoms with Crippen molar-refractivity contribution in [2.75, 3.05) is 19.7 Å². The summed E-state index contributed by atoms with van der Waals surface area (Å²) in [7, 11) is 0. The van der Waals surface area contributed by atoms with Gasteiger partial charge in [-0.3, -0.25) is 4.79 Å². The average molecular weight is 308 g/mol. The summed E-state index contributed by atoms with van der Waals surface area (Å²) in [5.41, 5.74) is 0.525. The van der Waals surface area contributed by atoms with Gasteiger partial charge in [-0.1, -0.05) is 6.07 Å². The lowest BCUT2D eigenvalue weighted by molar-refractivity contribution is 0.0616. The van der Waals surface area contributed by atoms with Crippen LogP contribution in [0.1, 0.15) is 23.3 Å². The van der Waals surface area contributed by atoms with Crippen molar-refractivity contribution in [3.8, 4) is 9.88 Å². The molecule has 1 aliphatic heterocycles. The summed E-state index contributed by atoms with van der Waals surface area (Å²) in [5.74, 6) is 0.199. The number of likely N-dealkylation sites (tertiary alicyclic amines) is 1. The first-order chi connectivity index (χ1) is 9.78. The Morgan fingerprint density at radius 3 is 3.15 bits per heavy atom. The molecule has 3 heterocycles. The molecule has 0 bridgehead atoms. The van der Waals surface area contributed by atoms with Crippen molar-refractivity contribution in [1.82, 2.24) is 9.88 Å². The van der Waals surface area contributed by atoms with Crippen LogP contribution in [-0.4, -0.2) is 40.6 Å². The summed E-state index contributed by atoms with van der Waals surface area (Å²) in [4.78, 5) is 19.8. The molecule has 1 aliphatic rings. The number of amides is 1. The number of rotatable bonds is 3. The van der Waals surface area contributed by atoms with Crippen LogP contribution in [0.3, 0.4) is 0 Å². The third-order valence-electron chi connectivity index (χ3n) is 3.52. The first-order valence-electron chi connectivity index (χ1n) is 6.67. The summed E-state index contributed by atoms with van der Waals surface area (Å²) >= 11 is 3.14. The van der Waals surface area contributed by atoms with Gasteiger partial charge in [0.2, 0.25) is 0 Å². The molecule has 1 amide bonds. The van der Waals surface area contributed by atoms with E-state index in [2.05, 4.69) is 4.98 Å². The number of thiazole rings is 1. The van der Waals surface area contributed by atoms with Gasteiger partial charge < -0.3 is 10.0 Å². The van der Waals surface area contributed by atoms with Gasteiger partial charge in [0.05, 0.1) is 4.88 Å². The normalized spacial score (nSPS) is 19.2. The molecular formula is C14H16N2O2S2. The van der Waals surface area contributed by atoms with E-state index >= 15 is 0 Å². The minimum atomic E-state index is -0.0118. The molecule has 1 unspecified atom stereocenters. The lowest BCUT2D eigenvalue weighted by Gasteiger charge is -2.31. The number of thiophene rings is 1. The van der Waals surface area contributed by atoms with Crippen molar-refractivity contribution < 1.29 is 9.90 Å². The van der Waals surface area contributed by atoms with Gasteiger partial charge in [0.1, 0.15) is 10.7 Å². The van der Waals surface area contributed by atoms with Crippen molar-refractivity contribution >= 4 is 28.6 Å². The Kier molecular flexibility index (Phi) is 4.14. The zero-order chi connectivity index (χ0) is 13.9. The smallest absolute Gasteiger partial charge is 0.273 e. The number of piperidine rings is 1. The third kappa shape index (κ3) is 2.77. The Bertz CT molecular complexity index is 580. The maximum absolute atomic E-state index is 12.4. The molecule has 1 saturated heterocycles. The number of carbonyl (C=O) groups is 1. The zero-order valence-electron chi connectivity index (χ0n) is 11.0. The van der Waals surface area contributed by atoms with Gasteiger partial charge in [-0.2, -0.15) is 0 Å². The van der Waals surface area contributed by atoms with Gasteiger partial charge in [-0.05, 0) is 30.2 Å². The average Bonchev–Trinajstić information content (AvgIpc) is 3.17. The van der Waals surface area contributed by atoms with Crippen LogP contribution in [-0.2, 0) is 0 Å². The Balaban J connectivity index is 1.74. The first kappa shape index (κ1) is 13.7. The van der Waals surface area contributed by atoms with E-state index < -0.39 is 0 Å². The molecule has 1 N–H and O–H groups in total. The van der Waals surface area contributed by atoms with Gasteiger partial charge in [0, 0.05) is 25.1 Å². The number of aliphatic hydroxyl groups is 1. The van der Waals surface area contributed by atoms with Crippen LogP contribution in [0.25, 0.3) is 9.88 Å². The van der Waals surface area contributed by atoms with Crippen molar-refractivity contribution in [2.24, 2.45) is 5.92 Å². The number of carbonyl (C=O) groups excluding carboxylic acids is 1. The molecule has 4 nitrogen and oxygen atoms in total. The van der Waals surface area contributed by atoms with E-state index in [-0.39, 0.29) is 18.4 Å². The van der Waals surface area contributed by atoms with Crippen LogP contribution in [0, 0.1) is 5.92 Å². The lowest BCUT2D eigenvalue weighted by Crippen LogP contribution is -2.41. The lowest BCUT2D eigenvalue weighted by atomic mass is 9.99. The van der Waals surface area contributed by atoms with Gasteiger partial charge in [-0.25, -0.2) is 4.98 Å². The second kappa shape index (κ2) is 6.03. The fourth-order valence-electron chi connectivity index (χ4n) is 2.45. The minimum absolute atomic E-state index is 0.0118. The fourth-order valence-corrected chi connectivity index (χ4v) is 4.05. The maximum atomic E-state index is 12.4. The highest BCUT2D eigenvalue weighted by Crippen LogP contribution is 2.28. The second-order valence-electron chi connectivity index (χ2n) is 4.96. The van der Waals surface area contributed by atoms with Gasteiger partial charge >= 0.3 is 0 Å². The zero-order valence-corrected chi connectivity index (χ0v) is 12.6. The van der Waals surface area contributed by atoms with E-state index in [0.29, 0.717) is 12.2 Å². The molecule has 106 valence electrons. The Labute approximate surface area is 125 Å². The van der Waals surface area contributed by atoms with Crippen molar-refractivity contribution in [1.29, 1.82) is 0 Å². The summed E-state index contributed by atoms with van der Waals surface area (Å²) < 4.78 is 0. The van der Waals surface area contributed by atoms with Gasteiger partial charge in [-0.15, -0.1) is 22.7 Å². The molecular weight excluding hydrogens is 292 g/mol. The van der Waals surface area contributed by atoms with Crippen LogP contribution < -0.4 is 0 Å².